The van der Waals surface area contributed by atoms with Crippen LogP contribution in [0.5, 0.6) is 11.5 Å². The average Bonchev–Trinajstić information content (AvgIpc) is 2.48. The molecule has 0 spiro atoms. The summed E-state index contributed by atoms with van der Waals surface area (Å²) in [5.41, 5.74) is -0.790. The Hall–Kier alpha value is -2.76. The summed E-state index contributed by atoms with van der Waals surface area (Å²) in [6.07, 6.45) is -0.309. The minimum Gasteiger partial charge on any atom is -0.492 e. The van der Waals surface area contributed by atoms with E-state index in [2.05, 4.69) is 0 Å². The van der Waals surface area contributed by atoms with Crippen LogP contribution < -0.4 is 9.47 Å². The number of hydrogen-bond acceptors (Lipinski definition) is 4. The third-order valence-corrected chi connectivity index (χ3v) is 3.19. The lowest BCUT2D eigenvalue weighted by Gasteiger charge is -2.20. The summed E-state index contributed by atoms with van der Waals surface area (Å²) in [6.45, 7) is 5.42. The maximum Gasteiger partial charge on any atom is 0.340 e. The van der Waals surface area contributed by atoms with Gasteiger partial charge in [-0.05, 0) is 20.8 Å². The highest BCUT2D eigenvalue weighted by Crippen LogP contribution is 2.41. The molecule has 0 atom stereocenters. The number of aromatic carboxylic acids is 2. The molecule has 2 aromatic rings. The lowest BCUT2D eigenvalue weighted by Crippen LogP contribution is -2.16. The first-order valence-corrected chi connectivity index (χ1v) is 7.23. The number of ether oxygens (including phenoxy) is 2. The smallest absolute Gasteiger partial charge is 0.340 e. The average molecular weight is 318 g/mol. The highest BCUT2D eigenvalue weighted by molar-refractivity contribution is 6.13. The predicted molar refractivity (Wildman–Crippen MR) is 84.8 cm³/mol. The number of carboxylic acids is 2. The molecule has 23 heavy (non-hydrogen) atoms. The standard InChI is InChI=1S/C17H18O6/c1-4-22-14-10-7-5-6-8-11(10)15(23-9(2)3)13(17(20)21)12(14)16(18)19/h5-9H,4H2,1-3H3,(H,18,19)(H,20,21). The van der Waals surface area contributed by atoms with E-state index in [0.29, 0.717) is 10.8 Å². The number of fused-ring (bicyclic) bond motifs is 1. The Kier molecular flexibility index (Phi) is 4.74. The molecule has 0 amide bonds. The normalized spacial score (nSPS) is 10.8. The Balaban J connectivity index is 3.01. The molecule has 2 N–H and O–H groups in total. The van der Waals surface area contributed by atoms with Crippen LogP contribution in [0.15, 0.2) is 24.3 Å². The van der Waals surface area contributed by atoms with E-state index in [4.69, 9.17) is 9.47 Å². The molecule has 0 unspecified atom stereocenters. The van der Waals surface area contributed by atoms with E-state index in [1.54, 1.807) is 45.0 Å². The van der Waals surface area contributed by atoms with E-state index < -0.39 is 23.1 Å². The van der Waals surface area contributed by atoms with Gasteiger partial charge in [-0.15, -0.1) is 0 Å². The second kappa shape index (κ2) is 6.56. The van der Waals surface area contributed by atoms with Crippen molar-refractivity contribution >= 4 is 22.7 Å². The van der Waals surface area contributed by atoms with Gasteiger partial charge in [0.25, 0.3) is 0 Å². The van der Waals surface area contributed by atoms with Crippen LogP contribution in [0, 0.1) is 0 Å². The van der Waals surface area contributed by atoms with Gasteiger partial charge in [-0.1, -0.05) is 24.3 Å². The molecule has 0 heterocycles. The second-order valence-electron chi connectivity index (χ2n) is 5.16. The Bertz CT molecular complexity index is 763. The van der Waals surface area contributed by atoms with E-state index in [9.17, 15) is 19.8 Å². The highest BCUT2D eigenvalue weighted by atomic mass is 16.5. The topological polar surface area (TPSA) is 93.1 Å². The fraction of sp³-hybridized carbons (Fsp3) is 0.294. The summed E-state index contributed by atoms with van der Waals surface area (Å²) in [4.78, 5) is 23.4. The van der Waals surface area contributed by atoms with Gasteiger partial charge in [0, 0.05) is 10.8 Å². The van der Waals surface area contributed by atoms with E-state index in [1.807, 2.05) is 0 Å². The molecule has 0 aromatic heterocycles. The number of carbonyl (C=O) groups is 2. The summed E-state index contributed by atoms with van der Waals surface area (Å²) in [7, 11) is 0. The van der Waals surface area contributed by atoms with Gasteiger partial charge < -0.3 is 19.7 Å². The number of benzene rings is 2. The molecule has 0 aliphatic carbocycles. The maximum atomic E-state index is 11.7. The molecule has 0 saturated carbocycles. The van der Waals surface area contributed by atoms with E-state index in [-0.39, 0.29) is 24.2 Å². The molecule has 0 bridgehead atoms. The van der Waals surface area contributed by atoms with Crippen molar-refractivity contribution < 1.29 is 29.3 Å². The first kappa shape index (κ1) is 16.6. The number of carboxylic acid groups (broad SMARTS) is 2. The van der Waals surface area contributed by atoms with Crippen LogP contribution in [-0.4, -0.2) is 34.9 Å². The predicted octanol–water partition coefficient (Wildman–Crippen LogP) is 3.42. The van der Waals surface area contributed by atoms with Crippen molar-refractivity contribution in [3.05, 3.63) is 35.4 Å². The summed E-state index contributed by atoms with van der Waals surface area (Å²) in [5.74, 6) is -2.65. The third-order valence-electron chi connectivity index (χ3n) is 3.19. The SMILES string of the molecule is CCOc1c(C(=O)O)c(C(=O)O)c(OC(C)C)c2ccccc12. The van der Waals surface area contributed by atoms with Gasteiger partial charge in [-0.2, -0.15) is 0 Å². The van der Waals surface area contributed by atoms with Gasteiger partial charge in [-0.25, -0.2) is 9.59 Å². The molecule has 6 nitrogen and oxygen atoms in total. The van der Waals surface area contributed by atoms with Crippen LogP contribution in [0.4, 0.5) is 0 Å². The maximum absolute atomic E-state index is 11.7. The Morgan fingerprint density at radius 2 is 1.48 bits per heavy atom. The van der Waals surface area contributed by atoms with Crippen molar-refractivity contribution in [1.82, 2.24) is 0 Å². The fourth-order valence-corrected chi connectivity index (χ4v) is 2.44. The molecule has 0 fully saturated rings. The summed E-state index contributed by atoms with van der Waals surface area (Å²) >= 11 is 0. The van der Waals surface area contributed by atoms with Crippen molar-refractivity contribution in [2.24, 2.45) is 0 Å². The van der Waals surface area contributed by atoms with Gasteiger partial charge >= 0.3 is 11.9 Å². The van der Waals surface area contributed by atoms with Crippen molar-refractivity contribution in [1.29, 1.82) is 0 Å². The molecule has 0 radical (unpaired) electrons. The monoisotopic (exact) mass is 318 g/mol. The summed E-state index contributed by atoms with van der Waals surface area (Å²) < 4.78 is 11.1. The Morgan fingerprint density at radius 3 is 1.91 bits per heavy atom. The highest BCUT2D eigenvalue weighted by Gasteiger charge is 2.30. The number of rotatable bonds is 6. The van der Waals surface area contributed by atoms with Crippen molar-refractivity contribution in [2.75, 3.05) is 6.61 Å². The molecule has 0 saturated heterocycles. The minimum absolute atomic E-state index is 0.0453. The largest absolute Gasteiger partial charge is 0.492 e. The van der Waals surface area contributed by atoms with Gasteiger partial charge in [0.15, 0.2) is 0 Å². The van der Waals surface area contributed by atoms with Crippen LogP contribution in [-0.2, 0) is 0 Å². The molecular formula is C17H18O6. The van der Waals surface area contributed by atoms with Crippen molar-refractivity contribution in [2.45, 2.75) is 26.9 Å². The van der Waals surface area contributed by atoms with E-state index >= 15 is 0 Å². The first-order valence-electron chi connectivity index (χ1n) is 7.23. The molecule has 2 aromatic carbocycles. The van der Waals surface area contributed by atoms with Crippen LogP contribution >= 0.6 is 0 Å². The van der Waals surface area contributed by atoms with E-state index in [0.717, 1.165) is 0 Å². The minimum atomic E-state index is -1.37. The lowest BCUT2D eigenvalue weighted by molar-refractivity contribution is 0.0642. The summed E-state index contributed by atoms with van der Waals surface area (Å²) in [5, 5.41) is 20.1. The molecule has 0 aliphatic heterocycles. The fourth-order valence-electron chi connectivity index (χ4n) is 2.44. The molecular weight excluding hydrogens is 300 g/mol. The van der Waals surface area contributed by atoms with Gasteiger partial charge in [0.05, 0.1) is 12.7 Å². The van der Waals surface area contributed by atoms with Crippen LogP contribution in [0.25, 0.3) is 10.8 Å². The summed E-state index contributed by atoms with van der Waals surface area (Å²) in [6, 6.07) is 6.84. The Labute approximate surface area is 133 Å². The molecule has 0 aliphatic rings. The third kappa shape index (κ3) is 3.06. The van der Waals surface area contributed by atoms with Crippen LogP contribution in [0.2, 0.25) is 0 Å². The second-order valence-corrected chi connectivity index (χ2v) is 5.16. The van der Waals surface area contributed by atoms with Crippen molar-refractivity contribution in [3.8, 4) is 11.5 Å². The molecule has 122 valence electrons. The van der Waals surface area contributed by atoms with Crippen LogP contribution in [0.3, 0.4) is 0 Å². The van der Waals surface area contributed by atoms with E-state index in [1.165, 1.54) is 0 Å². The molecule has 2 rings (SSSR count). The lowest BCUT2D eigenvalue weighted by atomic mass is 9.97. The zero-order valence-electron chi connectivity index (χ0n) is 13.1. The Morgan fingerprint density at radius 1 is 1.00 bits per heavy atom. The number of hydrogen-bond donors (Lipinski definition) is 2. The van der Waals surface area contributed by atoms with Crippen LogP contribution in [0.1, 0.15) is 41.5 Å². The van der Waals surface area contributed by atoms with Gasteiger partial charge in [0.2, 0.25) is 0 Å². The quantitative estimate of drug-likeness (QED) is 0.847. The zero-order chi connectivity index (χ0) is 17.1. The van der Waals surface area contributed by atoms with Gasteiger partial charge in [-0.3, -0.25) is 0 Å². The molecule has 6 heteroatoms. The van der Waals surface area contributed by atoms with Gasteiger partial charge in [0.1, 0.15) is 22.6 Å². The van der Waals surface area contributed by atoms with Crippen molar-refractivity contribution in [3.63, 3.8) is 0 Å². The first-order chi connectivity index (χ1) is 10.9. The zero-order valence-corrected chi connectivity index (χ0v) is 13.1.